The van der Waals surface area contributed by atoms with Crippen molar-refractivity contribution in [3.05, 3.63) is 65.8 Å². The van der Waals surface area contributed by atoms with E-state index < -0.39 is 6.10 Å². The number of aromatic hydroxyl groups is 2. The van der Waals surface area contributed by atoms with Crippen LogP contribution >= 0.6 is 0 Å². The molecule has 2 aromatic rings. The highest BCUT2D eigenvalue weighted by molar-refractivity contribution is 5.70. The fraction of sp³-hybridized carbons (Fsp3) is 0.304. The summed E-state index contributed by atoms with van der Waals surface area (Å²) in [6.45, 7) is 7.82. The van der Waals surface area contributed by atoms with Crippen molar-refractivity contribution < 1.29 is 20.1 Å². The number of aliphatic hydroxyl groups is 1. The fourth-order valence-corrected chi connectivity index (χ4v) is 3.79. The summed E-state index contributed by atoms with van der Waals surface area (Å²) in [5, 5.41) is 31.7. The van der Waals surface area contributed by atoms with Gasteiger partial charge in [0.15, 0.2) is 0 Å². The zero-order valence-corrected chi connectivity index (χ0v) is 15.9. The number of ether oxygens (including phenoxy) is 1. The van der Waals surface area contributed by atoms with E-state index in [9.17, 15) is 15.3 Å². The van der Waals surface area contributed by atoms with E-state index in [-0.39, 0.29) is 23.3 Å². The Morgan fingerprint density at radius 2 is 1.67 bits per heavy atom. The van der Waals surface area contributed by atoms with E-state index in [1.807, 2.05) is 44.2 Å². The average molecular weight is 366 g/mol. The van der Waals surface area contributed by atoms with Crippen molar-refractivity contribution in [2.75, 3.05) is 7.11 Å². The van der Waals surface area contributed by atoms with Crippen LogP contribution in [0.15, 0.2) is 60.2 Å². The molecule has 0 bridgehead atoms. The molecule has 3 N–H and O–H groups in total. The highest BCUT2D eigenvalue weighted by atomic mass is 16.5. The first-order chi connectivity index (χ1) is 12.8. The number of hydrogen-bond acceptors (Lipinski definition) is 4. The summed E-state index contributed by atoms with van der Waals surface area (Å²) in [6.07, 6.45) is 1.93. The minimum absolute atomic E-state index is 0.0394. The van der Waals surface area contributed by atoms with Gasteiger partial charge in [-0.05, 0) is 67.2 Å². The highest BCUT2D eigenvalue weighted by Crippen LogP contribution is 2.47. The number of benzene rings is 2. The van der Waals surface area contributed by atoms with Gasteiger partial charge in [-0.1, -0.05) is 30.4 Å². The van der Waals surface area contributed by atoms with Gasteiger partial charge in [0.1, 0.15) is 17.2 Å². The number of methoxy groups -OCH3 is 1. The van der Waals surface area contributed by atoms with E-state index in [2.05, 4.69) is 6.58 Å². The van der Waals surface area contributed by atoms with Crippen LogP contribution in [-0.4, -0.2) is 28.5 Å². The van der Waals surface area contributed by atoms with Gasteiger partial charge in [0, 0.05) is 11.5 Å². The number of aliphatic hydroxyl groups excluding tert-OH is 1. The normalized spacial score (nSPS) is 22.2. The van der Waals surface area contributed by atoms with Crippen molar-refractivity contribution in [3.8, 4) is 28.4 Å². The first kappa shape index (κ1) is 19.1. The Morgan fingerprint density at radius 1 is 1.07 bits per heavy atom. The molecule has 0 saturated carbocycles. The summed E-state index contributed by atoms with van der Waals surface area (Å²) >= 11 is 0. The third kappa shape index (κ3) is 3.71. The van der Waals surface area contributed by atoms with Gasteiger partial charge in [0.05, 0.1) is 13.2 Å². The summed E-state index contributed by atoms with van der Waals surface area (Å²) in [6, 6.07) is 10.8. The lowest BCUT2D eigenvalue weighted by atomic mass is 9.72. The monoisotopic (exact) mass is 366 g/mol. The van der Waals surface area contributed by atoms with Gasteiger partial charge in [-0.2, -0.15) is 0 Å². The van der Waals surface area contributed by atoms with Crippen molar-refractivity contribution in [1.29, 1.82) is 0 Å². The van der Waals surface area contributed by atoms with E-state index in [1.165, 1.54) is 0 Å². The maximum atomic E-state index is 10.7. The Labute approximate surface area is 160 Å². The van der Waals surface area contributed by atoms with Crippen LogP contribution in [0.5, 0.6) is 17.2 Å². The number of phenolic OH excluding ortho intramolecular Hbond substituents is 2. The van der Waals surface area contributed by atoms with Gasteiger partial charge in [-0.15, -0.1) is 0 Å². The average Bonchev–Trinajstić information content (AvgIpc) is 2.63. The number of hydrogen-bond donors (Lipinski definition) is 3. The molecule has 0 spiro atoms. The van der Waals surface area contributed by atoms with Crippen LogP contribution in [0.4, 0.5) is 0 Å². The molecule has 27 heavy (non-hydrogen) atoms. The molecule has 1 aliphatic rings. The Morgan fingerprint density at radius 3 is 2.19 bits per heavy atom. The van der Waals surface area contributed by atoms with Crippen molar-refractivity contribution in [2.24, 2.45) is 5.92 Å². The molecule has 0 fully saturated rings. The molecule has 3 rings (SSSR count). The minimum atomic E-state index is -0.522. The molecule has 0 aliphatic heterocycles. The molecule has 0 radical (unpaired) electrons. The van der Waals surface area contributed by atoms with Gasteiger partial charge in [0.25, 0.3) is 0 Å². The van der Waals surface area contributed by atoms with Crippen LogP contribution in [0.1, 0.15) is 31.7 Å². The molecular weight excluding hydrogens is 340 g/mol. The Bertz CT molecular complexity index is 857. The summed E-state index contributed by atoms with van der Waals surface area (Å²) in [4.78, 5) is 0. The topological polar surface area (TPSA) is 69.9 Å². The number of rotatable bonds is 4. The molecule has 0 amide bonds. The lowest BCUT2D eigenvalue weighted by Crippen LogP contribution is -2.26. The maximum absolute atomic E-state index is 10.7. The minimum Gasteiger partial charge on any atom is -0.507 e. The molecule has 1 aliphatic carbocycles. The molecule has 2 aromatic carbocycles. The first-order valence-electron chi connectivity index (χ1n) is 9.04. The lowest BCUT2D eigenvalue weighted by Gasteiger charge is -2.34. The predicted molar refractivity (Wildman–Crippen MR) is 107 cm³/mol. The van der Waals surface area contributed by atoms with Crippen molar-refractivity contribution >= 4 is 0 Å². The van der Waals surface area contributed by atoms with Crippen LogP contribution in [0, 0.1) is 5.92 Å². The Kier molecular flexibility index (Phi) is 5.29. The van der Waals surface area contributed by atoms with Gasteiger partial charge in [0.2, 0.25) is 0 Å². The predicted octanol–water partition coefficient (Wildman–Crippen LogP) is 4.76. The van der Waals surface area contributed by atoms with E-state index >= 15 is 0 Å². The van der Waals surface area contributed by atoms with Crippen LogP contribution in [0.3, 0.4) is 0 Å². The van der Waals surface area contributed by atoms with Gasteiger partial charge in [-0.3, -0.25) is 0 Å². The quantitative estimate of drug-likeness (QED) is 0.682. The smallest absolute Gasteiger partial charge is 0.123 e. The second-order valence-electron chi connectivity index (χ2n) is 7.30. The molecule has 0 heterocycles. The summed E-state index contributed by atoms with van der Waals surface area (Å²) in [5.41, 5.74) is 3.83. The molecule has 142 valence electrons. The van der Waals surface area contributed by atoms with Crippen LogP contribution in [0.2, 0.25) is 0 Å². The maximum Gasteiger partial charge on any atom is 0.123 e. The molecular formula is C23H26O4. The van der Waals surface area contributed by atoms with Crippen LogP contribution in [-0.2, 0) is 0 Å². The highest BCUT2D eigenvalue weighted by Gasteiger charge is 2.33. The largest absolute Gasteiger partial charge is 0.507 e. The van der Waals surface area contributed by atoms with E-state index in [0.29, 0.717) is 12.0 Å². The van der Waals surface area contributed by atoms with E-state index in [1.54, 1.807) is 19.2 Å². The molecule has 4 nitrogen and oxygen atoms in total. The van der Waals surface area contributed by atoms with Gasteiger partial charge < -0.3 is 20.1 Å². The Balaban J connectivity index is 2.05. The fourth-order valence-electron chi connectivity index (χ4n) is 3.79. The number of allylic oxidation sites excluding steroid dienone is 2. The van der Waals surface area contributed by atoms with E-state index in [4.69, 9.17) is 4.74 Å². The third-order valence-electron chi connectivity index (χ3n) is 5.40. The molecule has 0 saturated heterocycles. The van der Waals surface area contributed by atoms with Gasteiger partial charge in [-0.25, -0.2) is 0 Å². The van der Waals surface area contributed by atoms with Crippen molar-refractivity contribution in [3.63, 3.8) is 0 Å². The number of phenols is 2. The first-order valence-corrected chi connectivity index (χ1v) is 9.04. The molecule has 0 aromatic heterocycles. The third-order valence-corrected chi connectivity index (χ3v) is 5.40. The SMILES string of the molecule is C=C(C)[C@@H]1C[C@H](O)C(C)=C[C@H]1c1c(O)cc(-c2ccc(OC)cc2)cc1O. The van der Waals surface area contributed by atoms with E-state index in [0.717, 1.165) is 28.0 Å². The lowest BCUT2D eigenvalue weighted by molar-refractivity contribution is 0.168. The van der Waals surface area contributed by atoms with Crippen molar-refractivity contribution in [2.45, 2.75) is 32.3 Å². The second-order valence-corrected chi connectivity index (χ2v) is 7.30. The molecule has 4 heteroatoms. The molecule has 0 unspecified atom stereocenters. The standard InChI is InChI=1S/C23H26O4/c1-13(2)18-12-20(24)14(3)9-19(18)23-21(25)10-16(11-22(23)26)15-5-7-17(27-4)8-6-15/h5-11,18-20,24-26H,1,12H2,2-4H3/t18-,19+,20-/m0/s1. The Hall–Kier alpha value is -2.72. The van der Waals surface area contributed by atoms with Crippen LogP contribution < -0.4 is 4.74 Å². The van der Waals surface area contributed by atoms with Crippen molar-refractivity contribution in [1.82, 2.24) is 0 Å². The molecule has 3 atom stereocenters. The summed E-state index contributed by atoms with van der Waals surface area (Å²) in [5.74, 6) is 0.549. The zero-order valence-electron chi connectivity index (χ0n) is 15.9. The second kappa shape index (κ2) is 7.49. The summed E-state index contributed by atoms with van der Waals surface area (Å²) in [7, 11) is 1.61. The van der Waals surface area contributed by atoms with Gasteiger partial charge >= 0.3 is 0 Å². The summed E-state index contributed by atoms with van der Waals surface area (Å²) < 4.78 is 5.17. The zero-order chi connectivity index (χ0) is 19.7. The van der Waals surface area contributed by atoms with Crippen LogP contribution in [0.25, 0.3) is 11.1 Å².